The predicted molar refractivity (Wildman–Crippen MR) is 76.6 cm³/mol. The maximum atomic E-state index is 11.4. The minimum Gasteiger partial charge on any atom is -0.314 e. The van der Waals surface area contributed by atoms with Gasteiger partial charge in [0.15, 0.2) is 0 Å². The average Bonchev–Trinajstić information content (AvgIpc) is 2.22. The van der Waals surface area contributed by atoms with Gasteiger partial charge < -0.3 is 5.32 Å². The number of hydrogen-bond acceptors (Lipinski definition) is 4. The van der Waals surface area contributed by atoms with E-state index in [2.05, 4.69) is 31.0 Å². The van der Waals surface area contributed by atoms with Gasteiger partial charge >= 0.3 is 0 Å². The third-order valence-corrected chi connectivity index (χ3v) is 5.28. The first-order valence-electron chi connectivity index (χ1n) is 6.93. The predicted octanol–water partition coefficient (Wildman–Crippen LogP) is 1.13. The lowest BCUT2D eigenvalue weighted by atomic mass is 9.86. The number of rotatable bonds is 5. The highest BCUT2D eigenvalue weighted by Gasteiger charge is 2.34. The molecule has 4 atom stereocenters. The highest BCUT2D eigenvalue weighted by atomic mass is 32.2. The molecular weight excluding hydrogens is 248 g/mol. The Labute approximate surface area is 112 Å². The van der Waals surface area contributed by atoms with E-state index in [-0.39, 0.29) is 11.8 Å². The molecule has 1 aliphatic rings. The Morgan fingerprint density at radius 1 is 1.39 bits per heavy atom. The van der Waals surface area contributed by atoms with E-state index in [0.29, 0.717) is 18.0 Å². The molecule has 0 aromatic carbocycles. The molecule has 0 spiro atoms. The minimum absolute atomic E-state index is 0.111. The van der Waals surface area contributed by atoms with Gasteiger partial charge in [0.1, 0.15) is 9.84 Å². The number of piperidine rings is 1. The Morgan fingerprint density at radius 3 is 2.50 bits per heavy atom. The molecule has 4 nitrogen and oxygen atoms in total. The van der Waals surface area contributed by atoms with Crippen LogP contribution in [0.2, 0.25) is 0 Å². The molecule has 1 saturated heterocycles. The lowest BCUT2D eigenvalue weighted by Crippen LogP contribution is -2.56. The summed E-state index contributed by atoms with van der Waals surface area (Å²) in [5.41, 5.74) is 0. The van der Waals surface area contributed by atoms with Crippen LogP contribution in [0.4, 0.5) is 0 Å². The van der Waals surface area contributed by atoms with Crippen molar-refractivity contribution in [3.05, 3.63) is 0 Å². The fourth-order valence-electron chi connectivity index (χ4n) is 3.10. The van der Waals surface area contributed by atoms with Gasteiger partial charge in [-0.1, -0.05) is 13.8 Å². The monoisotopic (exact) mass is 276 g/mol. The molecule has 0 radical (unpaired) electrons. The third kappa shape index (κ3) is 4.21. The van der Waals surface area contributed by atoms with Crippen LogP contribution >= 0.6 is 0 Å². The molecule has 0 bridgehead atoms. The van der Waals surface area contributed by atoms with Gasteiger partial charge in [0.25, 0.3) is 0 Å². The molecule has 1 aliphatic heterocycles. The number of hydrogen-bond donors (Lipinski definition) is 1. The molecule has 1 heterocycles. The first-order chi connectivity index (χ1) is 8.26. The van der Waals surface area contributed by atoms with Crippen molar-refractivity contribution in [1.82, 2.24) is 10.2 Å². The summed E-state index contributed by atoms with van der Waals surface area (Å²) in [5.74, 6) is 0.816. The van der Waals surface area contributed by atoms with E-state index in [1.807, 2.05) is 6.92 Å². The molecule has 108 valence electrons. The van der Waals surface area contributed by atoms with Gasteiger partial charge in [-0.15, -0.1) is 0 Å². The van der Waals surface area contributed by atoms with Crippen LogP contribution in [-0.2, 0) is 9.84 Å². The lowest BCUT2D eigenvalue weighted by Gasteiger charge is -2.45. The summed E-state index contributed by atoms with van der Waals surface area (Å²) >= 11 is 0. The number of sulfone groups is 1. The smallest absolute Gasteiger partial charge is 0.148 e. The summed E-state index contributed by atoms with van der Waals surface area (Å²) in [6.45, 7) is 10.6. The van der Waals surface area contributed by atoms with Crippen molar-refractivity contribution >= 4 is 9.84 Å². The normalized spacial score (nSPS) is 32.4. The molecular formula is C13H28N2O2S. The van der Waals surface area contributed by atoms with Crippen LogP contribution in [0.25, 0.3) is 0 Å². The van der Waals surface area contributed by atoms with Crippen LogP contribution in [0.5, 0.6) is 0 Å². The summed E-state index contributed by atoms with van der Waals surface area (Å²) in [4.78, 5) is 2.35. The Balaban J connectivity index is 2.65. The van der Waals surface area contributed by atoms with Gasteiger partial charge in [0, 0.05) is 30.9 Å². The van der Waals surface area contributed by atoms with Crippen LogP contribution in [0, 0.1) is 5.92 Å². The first kappa shape index (κ1) is 15.9. The maximum absolute atomic E-state index is 11.4. The molecule has 18 heavy (non-hydrogen) atoms. The van der Waals surface area contributed by atoms with E-state index in [4.69, 9.17) is 0 Å². The van der Waals surface area contributed by atoms with Crippen LogP contribution in [0.3, 0.4) is 0 Å². The molecule has 0 aromatic rings. The molecule has 1 fully saturated rings. The van der Waals surface area contributed by atoms with E-state index >= 15 is 0 Å². The molecule has 1 rings (SSSR count). The van der Waals surface area contributed by atoms with E-state index in [9.17, 15) is 8.42 Å². The summed E-state index contributed by atoms with van der Waals surface area (Å²) in [6, 6.07) is 1.10. The molecule has 0 aliphatic carbocycles. The van der Waals surface area contributed by atoms with Crippen molar-refractivity contribution < 1.29 is 8.42 Å². The molecule has 0 amide bonds. The Bertz CT molecular complexity index is 356. The molecule has 4 unspecified atom stereocenters. The number of likely N-dealkylation sites (tertiary alicyclic amines) is 1. The molecule has 0 saturated carbocycles. The Morgan fingerprint density at radius 2 is 2.00 bits per heavy atom. The number of nitrogens with zero attached hydrogens (tertiary/aromatic N) is 1. The second kappa shape index (κ2) is 6.35. The zero-order valence-corrected chi connectivity index (χ0v) is 13.1. The van der Waals surface area contributed by atoms with Crippen molar-refractivity contribution in [2.45, 2.75) is 52.2 Å². The molecule has 5 heteroatoms. The van der Waals surface area contributed by atoms with Gasteiger partial charge in [-0.05, 0) is 32.7 Å². The van der Waals surface area contributed by atoms with Crippen LogP contribution in [0.1, 0.15) is 34.1 Å². The first-order valence-corrected chi connectivity index (χ1v) is 8.99. The lowest BCUT2D eigenvalue weighted by molar-refractivity contribution is 0.0607. The number of nitrogens with one attached hydrogen (secondary N) is 1. The van der Waals surface area contributed by atoms with Gasteiger partial charge in [-0.3, -0.25) is 4.90 Å². The van der Waals surface area contributed by atoms with E-state index in [1.54, 1.807) is 0 Å². The summed E-state index contributed by atoms with van der Waals surface area (Å²) in [7, 11) is -2.89. The maximum Gasteiger partial charge on any atom is 0.148 e. The quantitative estimate of drug-likeness (QED) is 0.818. The zero-order chi connectivity index (χ0) is 13.9. The van der Waals surface area contributed by atoms with Crippen LogP contribution in [-0.4, -0.2) is 56.5 Å². The van der Waals surface area contributed by atoms with Crippen molar-refractivity contribution in [3.8, 4) is 0 Å². The van der Waals surface area contributed by atoms with Crippen molar-refractivity contribution in [3.63, 3.8) is 0 Å². The SMILES string of the molecule is CCNC1CCN(C(C)CS(C)(=O)=O)C(C)C1C. The summed E-state index contributed by atoms with van der Waals surface area (Å²) in [5, 5.41) is 3.53. The van der Waals surface area contributed by atoms with Gasteiger partial charge in [-0.2, -0.15) is 0 Å². The largest absolute Gasteiger partial charge is 0.314 e. The zero-order valence-electron chi connectivity index (χ0n) is 12.3. The standard InChI is InChI=1S/C13H28N2O2S/c1-6-14-13-7-8-15(12(4)11(13)3)10(2)9-18(5,16)17/h10-14H,6-9H2,1-5H3. The fourth-order valence-corrected chi connectivity index (χ4v) is 4.17. The van der Waals surface area contributed by atoms with E-state index < -0.39 is 9.84 Å². The Kier molecular flexibility index (Phi) is 5.62. The van der Waals surface area contributed by atoms with Crippen LogP contribution in [0.15, 0.2) is 0 Å². The van der Waals surface area contributed by atoms with Gasteiger partial charge in [0.05, 0.1) is 5.75 Å². The second-order valence-corrected chi connectivity index (χ2v) is 7.92. The minimum atomic E-state index is -2.89. The van der Waals surface area contributed by atoms with Crippen molar-refractivity contribution in [1.29, 1.82) is 0 Å². The summed E-state index contributed by atoms with van der Waals surface area (Å²) in [6.07, 6.45) is 2.43. The highest BCUT2D eigenvalue weighted by molar-refractivity contribution is 7.90. The van der Waals surface area contributed by atoms with Gasteiger partial charge in [-0.25, -0.2) is 8.42 Å². The van der Waals surface area contributed by atoms with Gasteiger partial charge in [0.2, 0.25) is 0 Å². The molecule has 0 aromatic heterocycles. The van der Waals surface area contributed by atoms with E-state index in [1.165, 1.54) is 6.26 Å². The third-order valence-electron chi connectivity index (χ3n) is 4.19. The average molecular weight is 276 g/mol. The summed E-state index contributed by atoms with van der Waals surface area (Å²) < 4.78 is 22.8. The van der Waals surface area contributed by atoms with Crippen molar-refractivity contribution in [2.75, 3.05) is 25.1 Å². The Hall–Kier alpha value is -0.130. The van der Waals surface area contributed by atoms with Crippen LogP contribution < -0.4 is 5.32 Å². The second-order valence-electron chi connectivity index (χ2n) is 5.73. The van der Waals surface area contributed by atoms with E-state index in [0.717, 1.165) is 19.5 Å². The molecule has 1 N–H and O–H groups in total. The topological polar surface area (TPSA) is 49.4 Å². The van der Waals surface area contributed by atoms with Crippen molar-refractivity contribution in [2.24, 2.45) is 5.92 Å². The highest BCUT2D eigenvalue weighted by Crippen LogP contribution is 2.25. The fraction of sp³-hybridized carbons (Fsp3) is 1.00.